The molecule has 0 aromatic rings. The molecule has 4 amide bonds. The first-order valence-corrected chi connectivity index (χ1v) is 41.0. The van der Waals surface area contributed by atoms with E-state index in [2.05, 4.69) is 21.3 Å². The molecule has 0 radical (unpaired) electrons. The van der Waals surface area contributed by atoms with Crippen LogP contribution in [-0.4, -0.2) is 536 Å². The quantitative estimate of drug-likeness (QED) is 0.0271. The van der Waals surface area contributed by atoms with Gasteiger partial charge in [-0.15, -0.1) is 0 Å². The van der Waals surface area contributed by atoms with Crippen LogP contribution in [0.4, 0.5) is 0 Å². The first kappa shape index (κ1) is 104. The summed E-state index contributed by atoms with van der Waals surface area (Å²) in [5, 5.41) is 301. The van der Waals surface area contributed by atoms with Crippen molar-refractivity contribution in [3.05, 3.63) is 0 Å². The highest BCUT2D eigenvalue weighted by molar-refractivity contribution is 7.80. The van der Waals surface area contributed by atoms with Gasteiger partial charge in [0.2, 0.25) is 23.6 Å². The first-order chi connectivity index (χ1) is 59.3. The fourth-order valence-electron chi connectivity index (χ4n) is 16.0. The minimum Gasteiger partial charge on any atom is -0.394 e. The van der Waals surface area contributed by atoms with Crippen LogP contribution in [0.3, 0.4) is 0 Å². The van der Waals surface area contributed by atoms with E-state index in [9.17, 15) is 165 Å². The van der Waals surface area contributed by atoms with Crippen molar-refractivity contribution in [3.63, 3.8) is 0 Å². The van der Waals surface area contributed by atoms with Crippen LogP contribution >= 0.6 is 0 Å². The number of carbonyl (C=O) groups excluding carboxylic acids is 4. The van der Waals surface area contributed by atoms with Crippen LogP contribution in [0.1, 0.15) is 34.6 Å². The summed E-state index contributed by atoms with van der Waals surface area (Å²) in [5.41, 5.74) is 0. The summed E-state index contributed by atoms with van der Waals surface area (Å²) in [4.78, 5) is 51.9. The number of carbonyl (C=O) groups is 4. The van der Waals surface area contributed by atoms with Crippen molar-refractivity contribution < 1.29 is 259 Å². The third-order valence-corrected chi connectivity index (χ3v) is 23.1. The van der Waals surface area contributed by atoms with Gasteiger partial charge in [0.1, 0.15) is 238 Å². The van der Waals surface area contributed by atoms with Crippen LogP contribution in [0.2, 0.25) is 0 Å². The highest BCUT2D eigenvalue weighted by atomic mass is 32.3. The third kappa shape index (κ3) is 23.5. The number of amides is 4. The van der Waals surface area contributed by atoms with Gasteiger partial charge < -0.3 is 244 Å². The minimum absolute atomic E-state index is 0.821. The molecular formula is C68H114N4O53S. The van der Waals surface area contributed by atoms with Crippen LogP contribution in [0.15, 0.2) is 0 Å². The average molecular weight is 1870 g/mol. The van der Waals surface area contributed by atoms with Crippen LogP contribution in [-0.2, 0) is 124 Å². The van der Waals surface area contributed by atoms with E-state index in [0.717, 1.165) is 34.6 Å². The van der Waals surface area contributed by atoms with Gasteiger partial charge in [-0.05, 0) is 6.92 Å². The predicted molar refractivity (Wildman–Crippen MR) is 385 cm³/mol. The molecule has 0 aliphatic carbocycles. The smallest absolute Gasteiger partial charge is 0.394 e. The highest BCUT2D eigenvalue weighted by Gasteiger charge is 2.63. The van der Waals surface area contributed by atoms with Crippen molar-refractivity contribution >= 4 is 34.0 Å². The number of nitrogens with one attached hydrogen (secondary N) is 4. The van der Waals surface area contributed by atoms with Crippen molar-refractivity contribution in [2.75, 3.05) is 59.5 Å². The van der Waals surface area contributed by atoms with Crippen molar-refractivity contribution in [2.24, 2.45) is 0 Å². The number of aliphatic hydroxyl groups is 26. The zero-order valence-corrected chi connectivity index (χ0v) is 68.1. The molecule has 50 atom stereocenters. The SMILES string of the molecule is CC(=O)N[C@@H]1[C@@H](O)[C@H](O[C@@H]2O[C@H](CO)[C@@H](O[C@@H]3O[C@H](CO[C@H]4O[C@H](CO)[C@@H](O)[C@H](O)[C@@H]4O[C@@H]4O[C@H](CO)[C@@H](O[C@@H]5O[C@H](CO)[C@H](O)[C@H](O)[C@H]5O)[C@H](O)[C@H]4NC(C)=O)[C@@H](O)[C@H](O[C@H]4O[C@H](CO)[C@@H](O)[C@H](O)[C@@H]4O[C@@H]4O[C@H](COS(=O)(=O)O)[C@@H](O[C@@H]5O[C@H](CO)[C@H](O)[C@H](O)[C@H]5O)[C@H](O[C@@H]5O[C@@H](C)[C@@H](O)[C@@H](O)[C@H]5O)[C@H]4NC(C)=O)[C@@H]3O)[C@H](O)[C@H]2NC(C)=O)[C@@H](CO)O[C@H]1O. The number of aliphatic hydroxyl groups excluding tert-OH is 26. The van der Waals surface area contributed by atoms with E-state index < -0.39 is 400 Å². The molecule has 0 unspecified atom stereocenters. The van der Waals surface area contributed by atoms with E-state index in [1.165, 1.54) is 0 Å². The fourth-order valence-corrected chi connectivity index (χ4v) is 16.3. The third-order valence-electron chi connectivity index (χ3n) is 22.6. The van der Waals surface area contributed by atoms with E-state index in [1.54, 1.807) is 0 Å². The van der Waals surface area contributed by atoms with Crippen molar-refractivity contribution in [3.8, 4) is 0 Å². The van der Waals surface area contributed by atoms with Gasteiger partial charge in [-0.3, -0.25) is 23.7 Å². The molecule has 10 aliphatic heterocycles. The Morgan fingerprint density at radius 3 is 1.00 bits per heavy atom. The normalized spacial score (nSPS) is 48.6. The molecule has 0 aromatic carbocycles. The molecule has 0 saturated carbocycles. The Morgan fingerprint density at radius 1 is 0.262 bits per heavy atom. The minimum atomic E-state index is -5.65. The van der Waals surface area contributed by atoms with Crippen LogP contribution < -0.4 is 21.3 Å². The van der Waals surface area contributed by atoms with Gasteiger partial charge in [-0.1, -0.05) is 0 Å². The Morgan fingerprint density at radius 2 is 0.563 bits per heavy atom. The van der Waals surface area contributed by atoms with E-state index in [4.69, 9.17) is 94.2 Å². The molecule has 58 heteroatoms. The Balaban J connectivity index is 1.03. The van der Waals surface area contributed by atoms with Gasteiger partial charge in [-0.25, -0.2) is 4.18 Å². The molecule has 57 nitrogen and oxygen atoms in total. The van der Waals surface area contributed by atoms with Crippen LogP contribution in [0.25, 0.3) is 0 Å². The van der Waals surface area contributed by atoms with Crippen molar-refractivity contribution in [1.82, 2.24) is 21.3 Å². The second-order valence-corrected chi connectivity index (χ2v) is 32.6. The largest absolute Gasteiger partial charge is 0.397 e. The van der Waals surface area contributed by atoms with Gasteiger partial charge in [0, 0.05) is 27.7 Å². The summed E-state index contributed by atoms with van der Waals surface area (Å²) in [5.74, 6) is -3.92. The summed E-state index contributed by atoms with van der Waals surface area (Å²) in [7, 11) is -5.65. The standard InChI is InChI=1S/C68H114N4O53S/c1-15-33(84)42(93)47(98)63(108-15)122-55-32(72-19(5)83)62(117-28(14-107-126(103,104)105)54(55)121-65-49(100)44(95)35(86)21(7-74)111-65)125-58-46(97)37(88)23(9-76)113-68(58)123-56-38(89)27(116-66(50(56)101)120-53-26(12-79)114-60(30(40(53)91)70-17(3)81)118-51-24(10-77)109-59(102)29(39(51)90)69-16(2)80)13-106-67-57(45(96)36(87)22(8-75)112-67)124-61-31(71-18(4)82)41(92)52(25(11-78)115-61)119-64-48(99)43(94)34(85)20(6-73)110-64/h15,20-68,73-79,84-102H,6-14H2,1-5H3,(H,69,80)(H,70,81)(H,71,82)(H,72,83)(H,103,104,105)/t15-,20+,21+,22+,23+,24+,25+,26+,27+,28+,29+,30+,31+,32+,33+,34-,35-,36+,37+,38+,39+,40+,41+,42+,43-,44-,45-,46-,47+,48+,49+,50-,51+,52+,53+,54+,55+,56-,57-,58-,59+,60-,61-,62-,63-,64-,65-,66-,67-,68+/m0/s1. The Labute approximate surface area is 713 Å². The number of hydrogen-bond donors (Lipinski definition) is 31. The molecule has 10 saturated heterocycles. The van der Waals surface area contributed by atoms with E-state index in [-0.39, 0.29) is 0 Å². The maximum atomic E-state index is 13.6. The lowest BCUT2D eigenvalue weighted by Gasteiger charge is -2.52. The molecule has 0 aromatic heterocycles. The van der Waals surface area contributed by atoms with Gasteiger partial charge in [0.25, 0.3) is 0 Å². The van der Waals surface area contributed by atoms with E-state index in [0.29, 0.717) is 0 Å². The van der Waals surface area contributed by atoms with E-state index >= 15 is 0 Å². The van der Waals surface area contributed by atoms with Crippen molar-refractivity contribution in [1.29, 1.82) is 0 Å². The topological polar surface area (TPSA) is 881 Å². The number of rotatable bonds is 33. The van der Waals surface area contributed by atoms with Gasteiger partial charge in [0.05, 0.1) is 65.6 Å². The maximum Gasteiger partial charge on any atom is 0.397 e. The van der Waals surface area contributed by atoms with Gasteiger partial charge >= 0.3 is 10.4 Å². The fraction of sp³-hybridized carbons (Fsp3) is 0.941. The molecular weight excluding hydrogens is 1750 g/mol. The molecule has 10 aliphatic rings. The van der Waals surface area contributed by atoms with E-state index in [1.807, 2.05) is 0 Å². The molecule has 31 N–H and O–H groups in total. The zero-order valence-electron chi connectivity index (χ0n) is 67.3. The summed E-state index contributed by atoms with van der Waals surface area (Å²) < 4.78 is 153. The molecule has 730 valence electrons. The van der Waals surface area contributed by atoms with Crippen molar-refractivity contribution in [2.45, 2.75) is 341 Å². The monoisotopic (exact) mass is 1870 g/mol. The summed E-state index contributed by atoms with van der Waals surface area (Å²) >= 11 is 0. The first-order valence-electron chi connectivity index (χ1n) is 39.7. The molecule has 10 rings (SSSR count). The summed E-state index contributed by atoms with van der Waals surface area (Å²) in [6.07, 6.45) is -101. The Bertz CT molecular complexity index is 3570. The average Bonchev–Trinajstić information content (AvgIpc) is 0.760. The predicted octanol–water partition coefficient (Wildman–Crippen LogP) is -21.4. The van der Waals surface area contributed by atoms with Gasteiger partial charge in [0.15, 0.2) is 62.9 Å². The van der Waals surface area contributed by atoms with Gasteiger partial charge in [-0.2, -0.15) is 8.42 Å². The lowest BCUT2D eigenvalue weighted by atomic mass is 9.93. The molecule has 10 fully saturated rings. The Hall–Kier alpha value is -4.05. The molecule has 10 heterocycles. The van der Waals surface area contributed by atoms with Crippen LogP contribution in [0.5, 0.6) is 0 Å². The summed E-state index contributed by atoms with van der Waals surface area (Å²) in [6, 6.07) is -7.90. The number of hydrogen-bond acceptors (Lipinski definition) is 52. The second-order valence-electron chi connectivity index (χ2n) is 31.5. The maximum absolute atomic E-state index is 13.6. The molecule has 126 heavy (non-hydrogen) atoms. The summed E-state index contributed by atoms with van der Waals surface area (Å²) in [6.45, 7) is -6.03. The molecule has 0 spiro atoms. The highest BCUT2D eigenvalue weighted by Crippen LogP contribution is 2.42. The lowest BCUT2D eigenvalue weighted by Crippen LogP contribution is -2.71. The molecule has 0 bridgehead atoms. The second kappa shape index (κ2) is 44.9. The Kier molecular flexibility index (Phi) is 37.0. The number of ether oxygens (including phenoxy) is 19. The van der Waals surface area contributed by atoms with Crippen LogP contribution in [0, 0.1) is 0 Å². The zero-order chi connectivity index (χ0) is 93.0. The lowest BCUT2D eigenvalue weighted by molar-refractivity contribution is -0.403.